The van der Waals surface area contributed by atoms with Gasteiger partial charge in [-0.2, -0.15) is 0 Å². The first-order chi connectivity index (χ1) is 10.8. The molecule has 0 fully saturated rings. The van der Waals surface area contributed by atoms with Crippen LogP contribution in [0.2, 0.25) is 0 Å². The third kappa shape index (κ3) is 17.3. The fraction of sp³-hybridized carbons (Fsp3) is 0.929. The molecule has 0 saturated carbocycles. The van der Waals surface area contributed by atoms with Crippen LogP contribution >= 0.6 is 0 Å². The van der Waals surface area contributed by atoms with Crippen LogP contribution < -0.4 is 0 Å². The molecule has 0 rings (SSSR count). The van der Waals surface area contributed by atoms with Crippen LogP contribution in [0, 0.1) is 0 Å². The molecule has 0 aliphatic rings. The number of methoxy groups -OCH3 is 1. The topological polar surface area (TPSA) is 72.5 Å². The molecule has 0 aliphatic heterocycles. The maximum atomic E-state index is 11.7. The fourth-order valence-electron chi connectivity index (χ4n) is 1.29. The normalized spacial score (nSPS) is 10.8. The van der Waals surface area contributed by atoms with Crippen LogP contribution in [0.25, 0.3) is 0 Å². The van der Waals surface area contributed by atoms with Gasteiger partial charge in [0.15, 0.2) is 0 Å². The average molecular weight is 326 g/mol. The lowest BCUT2D eigenvalue weighted by Gasteiger charge is -2.07. The third-order valence-electron chi connectivity index (χ3n) is 2.39. The zero-order valence-electron chi connectivity index (χ0n) is 13.2. The van der Waals surface area contributed by atoms with Crippen molar-refractivity contribution in [2.24, 2.45) is 0 Å². The highest BCUT2D eigenvalue weighted by atomic mass is 19.1. The third-order valence-corrected chi connectivity index (χ3v) is 2.39. The van der Waals surface area contributed by atoms with Crippen molar-refractivity contribution in [3.05, 3.63) is 0 Å². The molecule has 0 spiro atoms. The molecular weight excluding hydrogens is 299 g/mol. The van der Waals surface area contributed by atoms with Crippen molar-refractivity contribution in [3.63, 3.8) is 0 Å². The van der Waals surface area contributed by atoms with Gasteiger partial charge in [-0.3, -0.25) is 4.79 Å². The fourth-order valence-corrected chi connectivity index (χ4v) is 1.29. The second-order valence-electron chi connectivity index (χ2n) is 4.08. The van der Waals surface area contributed by atoms with E-state index in [1.807, 2.05) is 0 Å². The molecule has 0 atom stereocenters. The van der Waals surface area contributed by atoms with Crippen LogP contribution in [0.1, 0.15) is 6.42 Å². The van der Waals surface area contributed by atoms with E-state index in [1.54, 1.807) is 0 Å². The number of hydrogen-bond donors (Lipinski definition) is 0. The lowest BCUT2D eigenvalue weighted by atomic mass is 10.5. The molecule has 0 saturated heterocycles. The molecule has 0 radical (unpaired) electrons. The first-order valence-corrected chi connectivity index (χ1v) is 7.32. The van der Waals surface area contributed by atoms with Gasteiger partial charge in [0.1, 0.15) is 6.67 Å². The molecule has 132 valence electrons. The Hall–Kier alpha value is -0.800. The highest BCUT2D eigenvalue weighted by Gasteiger charge is 1.99. The second-order valence-corrected chi connectivity index (χ2v) is 4.08. The predicted octanol–water partition coefficient (Wildman–Crippen LogP) is 0.602. The van der Waals surface area contributed by atoms with Gasteiger partial charge in [0.05, 0.1) is 79.6 Å². The summed E-state index contributed by atoms with van der Waals surface area (Å²) in [5.74, 6) is -0.287. The van der Waals surface area contributed by atoms with E-state index in [0.29, 0.717) is 59.5 Å². The summed E-state index contributed by atoms with van der Waals surface area (Å²) < 4.78 is 42.0. The molecule has 0 aliphatic carbocycles. The number of alkyl halides is 1. The summed E-state index contributed by atoms with van der Waals surface area (Å²) >= 11 is 0. The minimum Gasteiger partial charge on any atom is -0.469 e. The maximum Gasteiger partial charge on any atom is 0.307 e. The first-order valence-electron chi connectivity index (χ1n) is 7.32. The van der Waals surface area contributed by atoms with E-state index in [2.05, 4.69) is 4.74 Å². The molecule has 0 N–H and O–H groups in total. The summed E-state index contributed by atoms with van der Waals surface area (Å²) in [7, 11) is 1.34. The second kappa shape index (κ2) is 18.2. The van der Waals surface area contributed by atoms with Crippen molar-refractivity contribution in [2.75, 3.05) is 79.9 Å². The van der Waals surface area contributed by atoms with Gasteiger partial charge in [0.25, 0.3) is 0 Å². The predicted molar refractivity (Wildman–Crippen MR) is 76.7 cm³/mol. The summed E-state index contributed by atoms with van der Waals surface area (Å²) in [5.41, 5.74) is 0. The Labute approximate surface area is 130 Å². The van der Waals surface area contributed by atoms with Crippen LogP contribution in [0.3, 0.4) is 0 Å². The van der Waals surface area contributed by atoms with E-state index in [-0.39, 0.29) is 19.0 Å². The van der Waals surface area contributed by atoms with Gasteiger partial charge in [0.2, 0.25) is 0 Å². The number of halogens is 1. The Bertz CT molecular complexity index is 241. The molecule has 0 heterocycles. The van der Waals surface area contributed by atoms with Crippen molar-refractivity contribution in [3.8, 4) is 0 Å². The highest BCUT2D eigenvalue weighted by molar-refractivity contribution is 5.69. The molecular formula is C14H27FO7. The Kier molecular flexibility index (Phi) is 17.6. The summed E-state index contributed by atoms with van der Waals surface area (Å²) in [6.07, 6.45) is 0.248. The molecule has 22 heavy (non-hydrogen) atoms. The number of rotatable bonds is 17. The monoisotopic (exact) mass is 326 g/mol. The van der Waals surface area contributed by atoms with E-state index < -0.39 is 6.67 Å². The maximum absolute atomic E-state index is 11.7. The SMILES string of the molecule is COC(=O)CCOCCOCCOCCOCCOCCF. The van der Waals surface area contributed by atoms with Crippen molar-refractivity contribution in [1.82, 2.24) is 0 Å². The first kappa shape index (κ1) is 21.2. The van der Waals surface area contributed by atoms with E-state index >= 15 is 0 Å². The lowest BCUT2D eigenvalue weighted by molar-refractivity contribution is -0.141. The molecule has 8 heteroatoms. The van der Waals surface area contributed by atoms with Crippen LogP contribution in [-0.4, -0.2) is 85.8 Å². The number of esters is 1. The van der Waals surface area contributed by atoms with Crippen LogP contribution in [0.5, 0.6) is 0 Å². The van der Waals surface area contributed by atoms with Gasteiger partial charge in [-0.1, -0.05) is 0 Å². The molecule has 0 aromatic heterocycles. The van der Waals surface area contributed by atoms with Crippen LogP contribution in [0.4, 0.5) is 4.39 Å². The van der Waals surface area contributed by atoms with Crippen molar-refractivity contribution >= 4 is 5.97 Å². The average Bonchev–Trinajstić information content (AvgIpc) is 2.54. The minimum atomic E-state index is -0.473. The van der Waals surface area contributed by atoms with Gasteiger partial charge >= 0.3 is 5.97 Å². The van der Waals surface area contributed by atoms with Crippen LogP contribution in [-0.2, 0) is 33.2 Å². The largest absolute Gasteiger partial charge is 0.469 e. The Morgan fingerprint density at radius 2 is 1.05 bits per heavy atom. The Morgan fingerprint density at radius 1 is 0.682 bits per heavy atom. The number of carbonyl (C=O) groups is 1. The van der Waals surface area contributed by atoms with E-state index in [0.717, 1.165) is 0 Å². The summed E-state index contributed by atoms with van der Waals surface area (Å²) in [6, 6.07) is 0. The number of hydrogen-bond acceptors (Lipinski definition) is 7. The Morgan fingerprint density at radius 3 is 1.41 bits per heavy atom. The van der Waals surface area contributed by atoms with Gasteiger partial charge in [-0.15, -0.1) is 0 Å². The minimum absolute atomic E-state index is 0.115. The summed E-state index contributed by atoms with van der Waals surface area (Å²) in [4.78, 5) is 10.8. The molecule has 0 aromatic carbocycles. The quantitative estimate of drug-likeness (QED) is 0.286. The zero-order chi connectivity index (χ0) is 16.3. The zero-order valence-corrected chi connectivity index (χ0v) is 13.2. The van der Waals surface area contributed by atoms with E-state index in [1.165, 1.54) is 7.11 Å². The Balaban J connectivity index is 2.98. The summed E-state index contributed by atoms with van der Waals surface area (Å²) in [5, 5.41) is 0. The van der Waals surface area contributed by atoms with Gasteiger partial charge in [0, 0.05) is 0 Å². The van der Waals surface area contributed by atoms with Crippen LogP contribution in [0.15, 0.2) is 0 Å². The number of ether oxygens (including phenoxy) is 6. The highest BCUT2D eigenvalue weighted by Crippen LogP contribution is 1.87. The van der Waals surface area contributed by atoms with Crippen molar-refractivity contribution < 1.29 is 37.6 Å². The lowest BCUT2D eigenvalue weighted by Crippen LogP contribution is -2.14. The smallest absolute Gasteiger partial charge is 0.307 e. The van der Waals surface area contributed by atoms with E-state index in [4.69, 9.17) is 23.7 Å². The summed E-state index contributed by atoms with van der Waals surface area (Å²) in [6.45, 7) is 3.57. The van der Waals surface area contributed by atoms with Crippen molar-refractivity contribution in [1.29, 1.82) is 0 Å². The number of carbonyl (C=O) groups excluding carboxylic acids is 1. The standard InChI is InChI=1S/C14H27FO7/c1-17-14(16)2-4-18-6-8-20-10-12-22-13-11-21-9-7-19-5-3-15/h2-13H2,1H3. The van der Waals surface area contributed by atoms with Crippen molar-refractivity contribution in [2.45, 2.75) is 6.42 Å². The van der Waals surface area contributed by atoms with E-state index in [9.17, 15) is 9.18 Å². The van der Waals surface area contributed by atoms with Gasteiger partial charge in [-0.25, -0.2) is 4.39 Å². The van der Waals surface area contributed by atoms with Gasteiger partial charge in [-0.05, 0) is 0 Å². The molecule has 0 aromatic rings. The molecule has 0 bridgehead atoms. The molecule has 0 unspecified atom stereocenters. The molecule has 0 amide bonds. The van der Waals surface area contributed by atoms with Gasteiger partial charge < -0.3 is 28.4 Å². The molecule has 7 nitrogen and oxygen atoms in total.